The molecule has 1 aliphatic heterocycles. The molecule has 0 amide bonds. The largest absolute Gasteiger partial charge is 0.489 e. The zero-order valence-corrected chi connectivity index (χ0v) is 14.8. The Morgan fingerprint density at radius 1 is 1.17 bits per heavy atom. The summed E-state index contributed by atoms with van der Waals surface area (Å²) in [5, 5.41) is 0.760. The van der Waals surface area contributed by atoms with E-state index >= 15 is 0 Å². The average Bonchev–Trinajstić information content (AvgIpc) is 2.88. The van der Waals surface area contributed by atoms with E-state index in [1.165, 1.54) is 5.56 Å². The van der Waals surface area contributed by atoms with Crippen LogP contribution in [-0.4, -0.2) is 27.9 Å². The van der Waals surface area contributed by atoms with Crippen molar-refractivity contribution >= 4 is 21.7 Å². The van der Waals surface area contributed by atoms with Gasteiger partial charge in [-0.3, -0.25) is 4.18 Å². The van der Waals surface area contributed by atoms with Crippen molar-refractivity contribution in [2.75, 3.05) is 13.4 Å². The van der Waals surface area contributed by atoms with Gasteiger partial charge in [0.2, 0.25) is 0 Å². The first kappa shape index (κ1) is 17.8. The van der Waals surface area contributed by atoms with Gasteiger partial charge in [0.15, 0.2) is 0 Å². The third-order valence-corrected chi connectivity index (χ3v) is 4.24. The molecule has 1 atom stereocenters. The monoisotopic (exact) mass is 354 g/mol. The second kappa shape index (κ2) is 7.34. The summed E-state index contributed by atoms with van der Waals surface area (Å²) in [6, 6.07) is 14.2. The maximum atomic E-state index is 9.78. The molecule has 2 aromatic rings. The number of rotatable bonds is 2. The smallest absolute Gasteiger partial charge is 0.264 e. The van der Waals surface area contributed by atoms with Gasteiger partial charge in [0.05, 0.1) is 13.4 Å². The first-order valence-electron chi connectivity index (χ1n) is 7.10. The Bertz CT molecular complexity index is 770. The third-order valence-electron chi connectivity index (χ3n) is 3.38. The van der Waals surface area contributed by atoms with Crippen LogP contribution < -0.4 is 4.74 Å². The van der Waals surface area contributed by atoms with Crippen molar-refractivity contribution in [1.82, 2.24) is 0 Å². The molecule has 0 aliphatic carbocycles. The maximum absolute atomic E-state index is 9.78. The Balaban J connectivity index is 0.000000277. The van der Waals surface area contributed by atoms with Gasteiger partial charge in [-0.25, -0.2) is 0 Å². The van der Waals surface area contributed by atoms with Crippen LogP contribution >= 0.6 is 11.6 Å². The highest BCUT2D eigenvalue weighted by atomic mass is 35.5. The van der Waals surface area contributed by atoms with Gasteiger partial charge >= 0.3 is 0 Å². The highest BCUT2D eigenvalue weighted by Crippen LogP contribution is 2.38. The summed E-state index contributed by atoms with van der Waals surface area (Å²) in [5.74, 6) is 1.03. The van der Waals surface area contributed by atoms with Gasteiger partial charge in [-0.2, -0.15) is 8.42 Å². The van der Waals surface area contributed by atoms with Crippen LogP contribution in [0.15, 0.2) is 42.5 Å². The summed E-state index contributed by atoms with van der Waals surface area (Å²) in [4.78, 5) is 0. The molecule has 2 aromatic carbocycles. The van der Waals surface area contributed by atoms with Gasteiger partial charge in [0.1, 0.15) is 11.9 Å². The molecule has 0 fully saturated rings. The van der Waals surface area contributed by atoms with Crippen LogP contribution in [0.25, 0.3) is 11.1 Å². The molecule has 4 nitrogen and oxygen atoms in total. The minimum Gasteiger partial charge on any atom is -0.489 e. The van der Waals surface area contributed by atoms with E-state index in [4.69, 9.17) is 16.3 Å². The van der Waals surface area contributed by atoms with Crippen molar-refractivity contribution in [2.24, 2.45) is 0 Å². The Hall–Kier alpha value is -1.56. The lowest BCUT2D eigenvalue weighted by Crippen LogP contribution is -2.05. The summed E-state index contributed by atoms with van der Waals surface area (Å²) >= 11 is 5.91. The van der Waals surface area contributed by atoms with Crippen molar-refractivity contribution in [3.05, 3.63) is 53.1 Å². The average molecular weight is 355 g/mol. The summed E-state index contributed by atoms with van der Waals surface area (Å²) in [6.45, 7) is 2.10. The van der Waals surface area contributed by atoms with Crippen molar-refractivity contribution < 1.29 is 17.3 Å². The lowest BCUT2D eigenvalue weighted by molar-refractivity contribution is 0.255. The molecule has 3 rings (SSSR count). The summed E-state index contributed by atoms with van der Waals surface area (Å²) < 4.78 is 29.4. The molecule has 1 aliphatic rings. The molecule has 0 bridgehead atoms. The van der Waals surface area contributed by atoms with E-state index in [-0.39, 0.29) is 6.10 Å². The fourth-order valence-electron chi connectivity index (χ4n) is 2.29. The third kappa shape index (κ3) is 4.96. The van der Waals surface area contributed by atoms with Gasteiger partial charge in [-0.15, -0.1) is 0 Å². The van der Waals surface area contributed by atoms with Crippen LogP contribution in [0.5, 0.6) is 5.75 Å². The topological polar surface area (TPSA) is 52.6 Å². The summed E-state index contributed by atoms with van der Waals surface area (Å²) in [7, 11) is -2.04. The highest BCUT2D eigenvalue weighted by Gasteiger charge is 2.22. The normalized spacial score (nSPS) is 16.1. The highest BCUT2D eigenvalue weighted by molar-refractivity contribution is 7.85. The standard InChI is InChI=1S/C15H13ClO.C2H6O3S/c1-10-9-12-3-2-4-14(15(12)17-10)11-5-7-13(16)8-6-11;1-5-6(2,3)4/h2-8,10H,9H2,1H3;1-2H3. The molecule has 0 aromatic heterocycles. The number of ether oxygens (including phenoxy) is 1. The molecule has 124 valence electrons. The predicted octanol–water partition coefficient (Wildman–Crippen LogP) is 3.92. The van der Waals surface area contributed by atoms with E-state index in [2.05, 4.69) is 29.3 Å². The van der Waals surface area contributed by atoms with Gasteiger partial charge in [0.25, 0.3) is 10.1 Å². The first-order chi connectivity index (χ1) is 10.8. The molecule has 23 heavy (non-hydrogen) atoms. The lowest BCUT2D eigenvalue weighted by Gasteiger charge is -2.09. The fraction of sp³-hybridized carbons (Fsp3) is 0.294. The molecule has 0 spiro atoms. The fourth-order valence-corrected chi connectivity index (χ4v) is 2.42. The van der Waals surface area contributed by atoms with Gasteiger partial charge in [-0.05, 0) is 30.2 Å². The molecule has 0 radical (unpaired) electrons. The van der Waals surface area contributed by atoms with Crippen LogP contribution in [0.2, 0.25) is 5.02 Å². The van der Waals surface area contributed by atoms with E-state index in [9.17, 15) is 8.42 Å². The number of para-hydroxylation sites is 1. The molecular formula is C17H19ClO4S. The number of halogens is 1. The van der Waals surface area contributed by atoms with E-state index < -0.39 is 10.1 Å². The Kier molecular flexibility index (Phi) is 5.68. The number of hydrogen-bond acceptors (Lipinski definition) is 4. The maximum Gasteiger partial charge on any atom is 0.264 e. The first-order valence-corrected chi connectivity index (χ1v) is 9.29. The van der Waals surface area contributed by atoms with Crippen molar-refractivity contribution in [1.29, 1.82) is 0 Å². The summed E-state index contributed by atoms with van der Waals surface area (Å²) in [6.07, 6.45) is 2.27. The summed E-state index contributed by atoms with van der Waals surface area (Å²) in [5.41, 5.74) is 3.61. The minimum absolute atomic E-state index is 0.276. The van der Waals surface area contributed by atoms with Gasteiger partial charge < -0.3 is 4.74 Å². The van der Waals surface area contributed by atoms with Crippen LogP contribution in [0.4, 0.5) is 0 Å². The van der Waals surface area contributed by atoms with Crippen molar-refractivity contribution in [3.8, 4) is 16.9 Å². The molecule has 1 unspecified atom stereocenters. The van der Waals surface area contributed by atoms with E-state index in [0.717, 1.165) is 41.7 Å². The molecule has 1 heterocycles. The second-order valence-corrected chi connectivity index (χ2v) is 7.48. The minimum atomic E-state index is -3.16. The van der Waals surface area contributed by atoms with Crippen LogP contribution in [-0.2, 0) is 20.7 Å². The number of benzene rings is 2. The zero-order chi connectivity index (χ0) is 17.0. The Morgan fingerprint density at radius 2 is 1.78 bits per heavy atom. The zero-order valence-electron chi connectivity index (χ0n) is 13.2. The molecule has 0 saturated carbocycles. The quantitative estimate of drug-likeness (QED) is 0.767. The molecule has 0 N–H and O–H groups in total. The van der Waals surface area contributed by atoms with E-state index in [0.29, 0.717) is 0 Å². The number of fused-ring (bicyclic) bond motifs is 1. The Labute approximate surface area is 142 Å². The Morgan fingerprint density at radius 3 is 2.35 bits per heavy atom. The van der Waals surface area contributed by atoms with Gasteiger partial charge in [-0.1, -0.05) is 41.9 Å². The lowest BCUT2D eigenvalue weighted by atomic mass is 10.0. The van der Waals surface area contributed by atoms with Crippen LogP contribution in [0, 0.1) is 0 Å². The second-order valence-electron chi connectivity index (χ2n) is 5.30. The predicted molar refractivity (Wildman–Crippen MR) is 92.5 cm³/mol. The molecule has 6 heteroatoms. The van der Waals surface area contributed by atoms with Crippen LogP contribution in [0.1, 0.15) is 12.5 Å². The molecule has 0 saturated heterocycles. The van der Waals surface area contributed by atoms with E-state index in [1.807, 2.05) is 24.3 Å². The van der Waals surface area contributed by atoms with Crippen molar-refractivity contribution in [2.45, 2.75) is 19.4 Å². The SMILES string of the molecule is CC1Cc2cccc(-c3ccc(Cl)cc3)c2O1.COS(C)(=O)=O. The van der Waals surface area contributed by atoms with Gasteiger partial charge in [0, 0.05) is 17.0 Å². The van der Waals surface area contributed by atoms with Crippen molar-refractivity contribution in [3.63, 3.8) is 0 Å². The number of hydrogen-bond donors (Lipinski definition) is 0. The van der Waals surface area contributed by atoms with Crippen LogP contribution in [0.3, 0.4) is 0 Å². The van der Waals surface area contributed by atoms with E-state index in [1.54, 1.807) is 0 Å². The molecular weight excluding hydrogens is 336 g/mol.